The van der Waals surface area contributed by atoms with E-state index in [1.54, 1.807) is 26.4 Å². The van der Waals surface area contributed by atoms with Gasteiger partial charge in [0.25, 0.3) is 11.8 Å². The molecule has 0 aromatic heterocycles. The molecule has 2 aliphatic heterocycles. The second-order valence-corrected chi connectivity index (χ2v) is 13.1. The third-order valence-corrected chi connectivity index (χ3v) is 9.13. The monoisotopic (exact) mass is 626 g/mol. The van der Waals surface area contributed by atoms with Crippen molar-refractivity contribution < 1.29 is 23.9 Å². The summed E-state index contributed by atoms with van der Waals surface area (Å²) in [5, 5.41) is 2.99. The number of piperazine rings is 1. The van der Waals surface area contributed by atoms with E-state index in [1.807, 2.05) is 51.1 Å². The summed E-state index contributed by atoms with van der Waals surface area (Å²) in [5.41, 5.74) is 3.23. The molecular formula is C37H46N4O5. The molecule has 0 radical (unpaired) electrons. The smallest absolute Gasteiger partial charge is 0.264 e. The van der Waals surface area contributed by atoms with Crippen molar-refractivity contribution in [1.82, 2.24) is 15.1 Å². The van der Waals surface area contributed by atoms with Gasteiger partial charge in [0.2, 0.25) is 5.91 Å². The van der Waals surface area contributed by atoms with E-state index in [4.69, 9.17) is 9.47 Å². The zero-order chi connectivity index (χ0) is 33.0. The average molecular weight is 627 g/mol. The number of nitrogens with zero attached hydrogens (tertiary/aromatic N) is 3. The predicted molar refractivity (Wildman–Crippen MR) is 180 cm³/mol. The van der Waals surface area contributed by atoms with Gasteiger partial charge in [0.05, 0.1) is 37.1 Å². The molecule has 2 atom stereocenters. The summed E-state index contributed by atoms with van der Waals surface area (Å²) < 4.78 is 11.0. The predicted octanol–water partition coefficient (Wildman–Crippen LogP) is 5.87. The molecule has 1 N–H and O–H groups in total. The summed E-state index contributed by atoms with van der Waals surface area (Å²) in [7, 11) is 3.13. The first-order valence-corrected chi connectivity index (χ1v) is 16.1. The molecule has 9 heteroatoms. The lowest BCUT2D eigenvalue weighted by atomic mass is 9.95. The van der Waals surface area contributed by atoms with Crippen LogP contribution in [0.2, 0.25) is 0 Å². The highest BCUT2D eigenvalue weighted by Crippen LogP contribution is 2.40. The van der Waals surface area contributed by atoms with Crippen LogP contribution in [0.4, 0.5) is 5.69 Å². The molecule has 2 aliphatic rings. The van der Waals surface area contributed by atoms with Crippen molar-refractivity contribution in [3.8, 4) is 11.5 Å². The topological polar surface area (TPSA) is 91.4 Å². The van der Waals surface area contributed by atoms with Gasteiger partial charge in [-0.05, 0) is 55.2 Å². The zero-order valence-electron chi connectivity index (χ0n) is 27.8. The molecule has 5 rings (SSSR count). The van der Waals surface area contributed by atoms with E-state index in [1.165, 1.54) is 10.5 Å². The van der Waals surface area contributed by atoms with E-state index in [2.05, 4.69) is 46.3 Å². The van der Waals surface area contributed by atoms with Crippen LogP contribution in [0.25, 0.3) is 0 Å². The molecule has 0 aliphatic carbocycles. The van der Waals surface area contributed by atoms with Crippen molar-refractivity contribution in [2.45, 2.75) is 52.6 Å². The number of benzene rings is 3. The highest BCUT2D eigenvalue weighted by Gasteiger charge is 2.43. The van der Waals surface area contributed by atoms with Crippen molar-refractivity contribution in [2.75, 3.05) is 51.8 Å². The molecule has 0 spiro atoms. The maximum Gasteiger partial charge on any atom is 0.264 e. The SMILES string of the molecule is COc1ccc(C(CCCNC(=O)C(C)(C)C)N2C(=O)c3cccc(N4CCN([C@H](C)c5ccccc5)CC4)c3C2=O)cc1OC. The lowest BCUT2D eigenvalue weighted by Crippen LogP contribution is -2.47. The van der Waals surface area contributed by atoms with Crippen LogP contribution >= 0.6 is 0 Å². The Balaban J connectivity index is 1.39. The quantitative estimate of drug-likeness (QED) is 0.210. The second kappa shape index (κ2) is 14.0. The van der Waals surface area contributed by atoms with Crippen LogP contribution in [0.1, 0.15) is 84.5 Å². The minimum Gasteiger partial charge on any atom is -0.493 e. The summed E-state index contributed by atoms with van der Waals surface area (Å²) in [6, 6.07) is 21.3. The maximum atomic E-state index is 14.3. The number of carbonyl (C=O) groups excluding carboxylic acids is 3. The molecule has 46 heavy (non-hydrogen) atoms. The van der Waals surface area contributed by atoms with Crippen molar-refractivity contribution in [2.24, 2.45) is 5.41 Å². The van der Waals surface area contributed by atoms with E-state index >= 15 is 0 Å². The summed E-state index contributed by atoms with van der Waals surface area (Å²) in [5.74, 6) is 0.434. The van der Waals surface area contributed by atoms with Gasteiger partial charge in [-0.2, -0.15) is 0 Å². The Morgan fingerprint density at radius 3 is 2.20 bits per heavy atom. The van der Waals surface area contributed by atoms with Crippen LogP contribution in [0.15, 0.2) is 66.7 Å². The number of fused-ring (bicyclic) bond motifs is 1. The van der Waals surface area contributed by atoms with Crippen molar-refractivity contribution in [1.29, 1.82) is 0 Å². The lowest BCUT2D eigenvalue weighted by molar-refractivity contribution is -0.128. The second-order valence-electron chi connectivity index (χ2n) is 13.1. The van der Waals surface area contributed by atoms with Gasteiger partial charge in [-0.15, -0.1) is 0 Å². The van der Waals surface area contributed by atoms with E-state index in [0.717, 1.165) is 37.4 Å². The number of hydrogen-bond acceptors (Lipinski definition) is 7. The Bertz CT molecular complexity index is 1560. The molecule has 1 unspecified atom stereocenters. The Morgan fingerprint density at radius 2 is 1.54 bits per heavy atom. The Hall–Kier alpha value is -4.37. The molecule has 3 aromatic rings. The molecular weight excluding hydrogens is 580 g/mol. The van der Waals surface area contributed by atoms with E-state index in [-0.39, 0.29) is 17.7 Å². The third kappa shape index (κ3) is 6.75. The molecule has 9 nitrogen and oxygen atoms in total. The number of methoxy groups -OCH3 is 2. The molecule has 2 heterocycles. The van der Waals surface area contributed by atoms with Gasteiger partial charge in [0, 0.05) is 44.2 Å². The van der Waals surface area contributed by atoms with Gasteiger partial charge in [-0.1, -0.05) is 63.2 Å². The highest BCUT2D eigenvalue weighted by atomic mass is 16.5. The van der Waals surface area contributed by atoms with Crippen LogP contribution in [0.5, 0.6) is 11.5 Å². The van der Waals surface area contributed by atoms with Crippen LogP contribution in [-0.2, 0) is 4.79 Å². The molecule has 1 fully saturated rings. The number of anilines is 1. The minimum absolute atomic E-state index is 0.0428. The first kappa shape index (κ1) is 33.0. The van der Waals surface area contributed by atoms with Crippen molar-refractivity contribution in [3.05, 3.63) is 89.0 Å². The first-order valence-electron chi connectivity index (χ1n) is 16.1. The highest BCUT2D eigenvalue weighted by molar-refractivity contribution is 6.24. The maximum absolute atomic E-state index is 14.3. The molecule has 244 valence electrons. The number of nitrogens with one attached hydrogen (secondary N) is 1. The van der Waals surface area contributed by atoms with E-state index in [9.17, 15) is 14.4 Å². The molecule has 1 saturated heterocycles. The number of hydrogen-bond donors (Lipinski definition) is 1. The first-order chi connectivity index (χ1) is 22.0. The molecule has 0 bridgehead atoms. The standard InChI is InChI=1S/C37H46N4O5/c1-25(26-12-8-7-9-13-26)39-20-22-40(23-21-39)30-15-10-14-28-33(30)35(43)41(34(28)42)29(16-11-19-38-36(44)37(2,3)4)27-17-18-31(45-5)32(24-27)46-6/h7-10,12-15,17-18,24-25,29H,11,16,19-23H2,1-6H3,(H,38,44)/t25-,29?/m1/s1. The van der Waals surface area contributed by atoms with Gasteiger partial charge in [-0.25, -0.2) is 0 Å². The van der Waals surface area contributed by atoms with Crippen LogP contribution < -0.4 is 19.7 Å². The lowest BCUT2D eigenvalue weighted by Gasteiger charge is -2.39. The number of amides is 3. The number of ether oxygens (including phenoxy) is 2. The van der Waals surface area contributed by atoms with E-state index < -0.39 is 11.5 Å². The van der Waals surface area contributed by atoms with Crippen LogP contribution in [0.3, 0.4) is 0 Å². The van der Waals surface area contributed by atoms with Crippen LogP contribution in [0, 0.1) is 5.41 Å². The van der Waals surface area contributed by atoms with Gasteiger partial charge < -0.3 is 19.7 Å². The zero-order valence-corrected chi connectivity index (χ0v) is 27.8. The van der Waals surface area contributed by atoms with Gasteiger partial charge in [0.1, 0.15) is 0 Å². The van der Waals surface area contributed by atoms with Gasteiger partial charge >= 0.3 is 0 Å². The van der Waals surface area contributed by atoms with E-state index in [0.29, 0.717) is 48.1 Å². The number of rotatable bonds is 11. The van der Waals surface area contributed by atoms with Gasteiger partial charge in [0.15, 0.2) is 11.5 Å². The summed E-state index contributed by atoms with van der Waals surface area (Å²) in [4.78, 5) is 47.0. The van der Waals surface area contributed by atoms with Crippen molar-refractivity contribution in [3.63, 3.8) is 0 Å². The molecule has 3 amide bonds. The third-order valence-electron chi connectivity index (χ3n) is 9.13. The Morgan fingerprint density at radius 1 is 0.848 bits per heavy atom. The fourth-order valence-corrected chi connectivity index (χ4v) is 6.39. The fourth-order valence-electron chi connectivity index (χ4n) is 6.39. The summed E-state index contributed by atoms with van der Waals surface area (Å²) in [6.07, 6.45) is 1.04. The fraction of sp³-hybridized carbons (Fsp3) is 0.432. The number of imide groups is 1. The van der Waals surface area contributed by atoms with Crippen LogP contribution in [-0.4, -0.2) is 74.5 Å². The Labute approximate surface area is 272 Å². The molecule has 0 saturated carbocycles. The van der Waals surface area contributed by atoms with Crippen molar-refractivity contribution >= 4 is 23.4 Å². The molecule has 3 aromatic carbocycles. The normalized spacial score (nSPS) is 16.7. The average Bonchev–Trinajstić information content (AvgIpc) is 3.33. The summed E-state index contributed by atoms with van der Waals surface area (Å²) >= 11 is 0. The minimum atomic E-state index is -0.560. The largest absolute Gasteiger partial charge is 0.493 e. The van der Waals surface area contributed by atoms with Gasteiger partial charge in [-0.3, -0.25) is 24.2 Å². The Kier molecular flexibility index (Phi) is 10.0. The summed E-state index contributed by atoms with van der Waals surface area (Å²) in [6.45, 7) is 11.5. The number of carbonyl (C=O) groups is 3.